The second kappa shape index (κ2) is 7.97. The number of carbonyl (C=O) groups is 2. The highest BCUT2D eigenvalue weighted by atomic mass is 19.1. The third-order valence-electron chi connectivity index (χ3n) is 7.13. The third kappa shape index (κ3) is 3.54. The monoisotopic (exact) mass is 472 g/mol. The van der Waals surface area contributed by atoms with Crippen molar-refractivity contribution in [1.82, 2.24) is 19.7 Å². The summed E-state index contributed by atoms with van der Waals surface area (Å²) in [6.07, 6.45) is 5.48. The zero-order valence-corrected chi connectivity index (χ0v) is 19.3. The van der Waals surface area contributed by atoms with Crippen LogP contribution in [0.5, 0.6) is 0 Å². The van der Waals surface area contributed by atoms with E-state index in [4.69, 9.17) is 5.73 Å². The van der Waals surface area contributed by atoms with Crippen LogP contribution in [0.4, 0.5) is 10.1 Å². The first-order valence-electron chi connectivity index (χ1n) is 11.7. The molecule has 1 atom stereocenters. The fraction of sp³-hybridized carbons (Fsp3) is 0.269. The highest BCUT2D eigenvalue weighted by Crippen LogP contribution is 2.36. The lowest BCUT2D eigenvalue weighted by Gasteiger charge is -2.39. The molecule has 6 rings (SSSR count). The van der Waals surface area contributed by atoms with E-state index < -0.39 is 11.7 Å². The Kier molecular flexibility index (Phi) is 4.87. The summed E-state index contributed by atoms with van der Waals surface area (Å²) >= 11 is 0. The lowest BCUT2D eigenvalue weighted by Crippen LogP contribution is -2.48. The molecule has 9 heteroatoms. The predicted octanol–water partition coefficient (Wildman–Crippen LogP) is 3.43. The Labute approximate surface area is 201 Å². The largest absolute Gasteiger partial charge is 0.369 e. The first-order valence-corrected chi connectivity index (χ1v) is 11.7. The summed E-state index contributed by atoms with van der Waals surface area (Å²) in [6.45, 7) is 1.98. The predicted molar refractivity (Wildman–Crippen MR) is 131 cm³/mol. The SMILES string of the molecule is Cn1cc(-c2cc3c(N4CCCC(N5Cc6ccc(F)cc6C5=O)C4)ccc(C(N)=O)c3[nH]2)cn1. The minimum atomic E-state index is -0.495. The molecule has 2 amide bonds. The summed E-state index contributed by atoms with van der Waals surface area (Å²) in [5.74, 6) is -0.996. The van der Waals surface area contributed by atoms with Gasteiger partial charge in [-0.2, -0.15) is 5.10 Å². The molecule has 4 heterocycles. The summed E-state index contributed by atoms with van der Waals surface area (Å²) in [5, 5.41) is 5.15. The molecular weight excluding hydrogens is 447 g/mol. The number of halogens is 1. The van der Waals surface area contributed by atoms with Crippen molar-refractivity contribution >= 4 is 28.4 Å². The highest BCUT2D eigenvalue weighted by Gasteiger charge is 2.35. The van der Waals surface area contributed by atoms with Crippen LogP contribution in [0.25, 0.3) is 22.2 Å². The molecule has 2 aliphatic rings. The number of hydrogen-bond donors (Lipinski definition) is 2. The number of benzene rings is 2. The van der Waals surface area contributed by atoms with Gasteiger partial charge >= 0.3 is 0 Å². The van der Waals surface area contributed by atoms with E-state index in [0.29, 0.717) is 29.7 Å². The molecule has 3 N–H and O–H groups in total. The van der Waals surface area contributed by atoms with Crippen molar-refractivity contribution < 1.29 is 14.0 Å². The number of nitrogens with zero attached hydrogens (tertiary/aromatic N) is 4. The van der Waals surface area contributed by atoms with Crippen LogP contribution in [0.3, 0.4) is 0 Å². The number of carbonyl (C=O) groups excluding carboxylic acids is 2. The average molecular weight is 473 g/mol. The van der Waals surface area contributed by atoms with Crippen molar-refractivity contribution in [3.8, 4) is 11.3 Å². The standard InChI is InChI=1S/C26H25FN6O2/c1-31-12-16(11-29-31)22-10-21-23(7-6-19(25(28)34)24(21)30-22)32-8-2-3-18(14-32)33-13-15-4-5-17(27)9-20(15)26(33)35/h4-7,9-12,18,30H,2-3,8,13-14H2,1H3,(H2,28,34). The zero-order chi connectivity index (χ0) is 24.3. The molecule has 0 aliphatic carbocycles. The number of aromatic amines is 1. The van der Waals surface area contributed by atoms with Crippen LogP contribution in [0.1, 0.15) is 39.1 Å². The van der Waals surface area contributed by atoms with E-state index in [1.807, 2.05) is 30.3 Å². The number of H-pyrrole nitrogens is 1. The number of aryl methyl sites for hydroxylation is 1. The quantitative estimate of drug-likeness (QED) is 0.475. The molecule has 2 aliphatic heterocycles. The number of nitrogens with two attached hydrogens (primary N) is 1. The fourth-order valence-electron chi connectivity index (χ4n) is 5.42. The molecule has 2 aromatic carbocycles. The van der Waals surface area contributed by atoms with E-state index in [2.05, 4.69) is 15.0 Å². The Morgan fingerprint density at radius 2 is 2.09 bits per heavy atom. The van der Waals surface area contributed by atoms with Crippen molar-refractivity contribution in [2.24, 2.45) is 12.8 Å². The van der Waals surface area contributed by atoms with Crippen LogP contribution >= 0.6 is 0 Å². The van der Waals surface area contributed by atoms with Crippen LogP contribution < -0.4 is 10.6 Å². The van der Waals surface area contributed by atoms with Crippen LogP contribution in [-0.2, 0) is 13.6 Å². The summed E-state index contributed by atoms with van der Waals surface area (Å²) in [5.41, 5.74) is 10.9. The minimum absolute atomic E-state index is 0.00862. The lowest BCUT2D eigenvalue weighted by atomic mass is 10.0. The number of rotatable bonds is 4. The van der Waals surface area contributed by atoms with Gasteiger partial charge < -0.3 is 20.5 Å². The molecule has 0 saturated carbocycles. The van der Waals surface area contributed by atoms with Crippen molar-refractivity contribution in [2.75, 3.05) is 18.0 Å². The van der Waals surface area contributed by atoms with Gasteiger partial charge in [0.1, 0.15) is 5.82 Å². The number of anilines is 1. The molecule has 1 saturated heterocycles. The number of hydrogen-bond acceptors (Lipinski definition) is 4. The molecule has 1 fully saturated rings. The first-order chi connectivity index (χ1) is 16.9. The van der Waals surface area contributed by atoms with E-state index >= 15 is 0 Å². The topological polar surface area (TPSA) is 100 Å². The zero-order valence-electron chi connectivity index (χ0n) is 19.3. The third-order valence-corrected chi connectivity index (χ3v) is 7.13. The van der Waals surface area contributed by atoms with Gasteiger partial charge in [0.25, 0.3) is 11.8 Å². The Morgan fingerprint density at radius 3 is 2.86 bits per heavy atom. The van der Waals surface area contributed by atoms with Crippen LogP contribution in [0, 0.1) is 5.82 Å². The van der Waals surface area contributed by atoms with Gasteiger partial charge in [0, 0.05) is 66.8 Å². The number of primary amides is 1. The number of piperidine rings is 1. The fourth-order valence-corrected chi connectivity index (χ4v) is 5.42. The molecule has 0 bridgehead atoms. The van der Waals surface area contributed by atoms with Crippen molar-refractivity contribution in [2.45, 2.75) is 25.4 Å². The van der Waals surface area contributed by atoms with Crippen molar-refractivity contribution in [3.63, 3.8) is 0 Å². The van der Waals surface area contributed by atoms with Gasteiger partial charge in [-0.15, -0.1) is 0 Å². The summed E-state index contributed by atoms with van der Waals surface area (Å²) in [4.78, 5) is 32.7. The van der Waals surface area contributed by atoms with Crippen molar-refractivity contribution in [3.05, 3.63) is 71.3 Å². The van der Waals surface area contributed by atoms with Crippen LogP contribution in [0.15, 0.2) is 48.8 Å². The summed E-state index contributed by atoms with van der Waals surface area (Å²) in [7, 11) is 1.85. The van der Waals surface area contributed by atoms with Gasteiger partial charge in [-0.3, -0.25) is 14.3 Å². The number of aromatic nitrogens is 3. The normalized spacial score (nSPS) is 17.9. The van der Waals surface area contributed by atoms with Gasteiger partial charge in [0.2, 0.25) is 0 Å². The van der Waals surface area contributed by atoms with E-state index in [-0.39, 0.29) is 11.9 Å². The smallest absolute Gasteiger partial charge is 0.254 e. The highest BCUT2D eigenvalue weighted by molar-refractivity contribution is 6.10. The molecule has 0 spiro atoms. The maximum Gasteiger partial charge on any atom is 0.254 e. The Bertz CT molecular complexity index is 1490. The molecule has 35 heavy (non-hydrogen) atoms. The molecule has 8 nitrogen and oxygen atoms in total. The Morgan fingerprint density at radius 1 is 1.23 bits per heavy atom. The number of nitrogens with one attached hydrogen (secondary N) is 1. The minimum Gasteiger partial charge on any atom is -0.369 e. The van der Waals surface area contributed by atoms with Crippen LogP contribution in [0.2, 0.25) is 0 Å². The summed E-state index contributed by atoms with van der Waals surface area (Å²) < 4.78 is 15.5. The molecule has 0 radical (unpaired) electrons. The van der Waals surface area contributed by atoms with Crippen molar-refractivity contribution in [1.29, 1.82) is 0 Å². The van der Waals surface area contributed by atoms with Crippen LogP contribution in [-0.4, -0.2) is 50.6 Å². The van der Waals surface area contributed by atoms with Gasteiger partial charge in [0.05, 0.1) is 17.3 Å². The van der Waals surface area contributed by atoms with Gasteiger partial charge in [-0.1, -0.05) is 6.07 Å². The van der Waals surface area contributed by atoms with E-state index in [0.717, 1.165) is 47.3 Å². The van der Waals surface area contributed by atoms with E-state index in [1.165, 1.54) is 12.1 Å². The summed E-state index contributed by atoms with van der Waals surface area (Å²) in [6, 6.07) is 10.2. The number of amides is 2. The molecule has 178 valence electrons. The molecule has 4 aromatic rings. The molecular formula is C26H25FN6O2. The first kappa shape index (κ1) is 21.4. The Balaban J connectivity index is 1.35. The maximum atomic E-state index is 13.7. The van der Waals surface area contributed by atoms with Gasteiger partial charge in [-0.05, 0) is 48.7 Å². The van der Waals surface area contributed by atoms with Gasteiger partial charge in [-0.25, -0.2) is 4.39 Å². The lowest BCUT2D eigenvalue weighted by molar-refractivity contribution is 0.0685. The van der Waals surface area contributed by atoms with E-state index in [1.54, 1.807) is 23.0 Å². The maximum absolute atomic E-state index is 13.7. The molecule has 1 unspecified atom stereocenters. The van der Waals surface area contributed by atoms with Gasteiger partial charge in [0.15, 0.2) is 0 Å². The second-order valence-corrected chi connectivity index (χ2v) is 9.35. The molecule has 2 aromatic heterocycles. The number of fused-ring (bicyclic) bond motifs is 2. The second-order valence-electron chi connectivity index (χ2n) is 9.35. The van der Waals surface area contributed by atoms with E-state index in [9.17, 15) is 14.0 Å². The Hall–Kier alpha value is -4.14. The average Bonchev–Trinajstić information content (AvgIpc) is 3.56.